The first kappa shape index (κ1) is 36.4. The van der Waals surface area contributed by atoms with E-state index in [2.05, 4.69) is 92.7 Å². The van der Waals surface area contributed by atoms with Gasteiger partial charge in [-0.1, -0.05) is 142 Å². The molecule has 0 N–H and O–H groups in total. The van der Waals surface area contributed by atoms with Crippen LogP contribution in [0, 0.1) is 0 Å². The van der Waals surface area contributed by atoms with E-state index in [4.69, 9.17) is 19.9 Å². The summed E-state index contributed by atoms with van der Waals surface area (Å²) in [7, 11) is 0. The number of allylic oxidation sites excluding steroid dienone is 3. The fourth-order valence-electron chi connectivity index (χ4n) is 7.60. The lowest BCUT2D eigenvalue weighted by molar-refractivity contribution is 1.07. The topological polar surface area (TPSA) is 51.0 Å². The first-order valence-corrected chi connectivity index (χ1v) is 18.8. The molecule has 0 atom stereocenters. The average Bonchev–Trinajstić information content (AvgIpc) is 3.53. The second kappa shape index (κ2) is 16.0. The average molecular weight is 721 g/mol. The molecule has 0 amide bonds. The van der Waals surface area contributed by atoms with Crippen molar-refractivity contribution in [3.63, 3.8) is 0 Å². The lowest BCUT2D eigenvalue weighted by atomic mass is 9.92. The van der Waals surface area contributed by atoms with Gasteiger partial charge in [-0.25, -0.2) is 15.0 Å². The van der Waals surface area contributed by atoms with Crippen LogP contribution in [0.25, 0.3) is 84.0 Å². The van der Waals surface area contributed by atoms with Crippen molar-refractivity contribution in [1.29, 1.82) is 0 Å². The second-order valence-electron chi connectivity index (χ2n) is 13.2. The van der Waals surface area contributed by atoms with Crippen LogP contribution in [0.1, 0.15) is 63.6 Å². The maximum absolute atomic E-state index is 5.06. The van der Waals surface area contributed by atoms with Gasteiger partial charge in [0.25, 0.3) is 0 Å². The number of nitrogens with zero attached hydrogens (tertiary/aromatic N) is 4. The van der Waals surface area contributed by atoms with Gasteiger partial charge in [-0.15, -0.1) is 0 Å². The van der Waals surface area contributed by atoms with Gasteiger partial charge in [0.05, 0.1) is 5.70 Å². The molecule has 9 rings (SSSR count). The summed E-state index contributed by atoms with van der Waals surface area (Å²) in [5.41, 5.74) is 15.1. The van der Waals surface area contributed by atoms with E-state index in [0.29, 0.717) is 17.5 Å². The minimum absolute atomic E-state index is 0. The molecular formula is C49H44N4S. The summed E-state index contributed by atoms with van der Waals surface area (Å²) < 4.78 is 0. The van der Waals surface area contributed by atoms with E-state index < -0.39 is 0 Å². The number of rotatable bonds is 7. The molecule has 7 aromatic rings. The number of hydrogen-bond donors (Lipinski definition) is 0. The molecule has 1 aliphatic heterocycles. The van der Waals surface area contributed by atoms with Crippen LogP contribution in [0.15, 0.2) is 145 Å². The van der Waals surface area contributed by atoms with E-state index >= 15 is 0 Å². The Bertz CT molecular complexity index is 2490. The van der Waals surface area contributed by atoms with E-state index in [-0.39, 0.29) is 13.5 Å². The quantitative estimate of drug-likeness (QED) is 0.165. The zero-order valence-corrected chi connectivity index (χ0v) is 32.3. The lowest BCUT2D eigenvalue weighted by Crippen LogP contribution is -2.01. The van der Waals surface area contributed by atoms with Crippen molar-refractivity contribution in [1.82, 2.24) is 15.0 Å². The van der Waals surface area contributed by atoms with Crippen LogP contribution < -0.4 is 0 Å². The molecule has 2 aliphatic rings. The Labute approximate surface area is 325 Å². The maximum Gasteiger partial charge on any atom is 0.164 e. The highest BCUT2D eigenvalue weighted by Gasteiger charge is 2.22. The Morgan fingerprint density at radius 2 is 1.07 bits per heavy atom. The molecule has 0 saturated carbocycles. The van der Waals surface area contributed by atoms with Crippen LogP contribution in [0.5, 0.6) is 0 Å². The highest BCUT2D eigenvalue weighted by molar-refractivity contribution is 7.59. The zero-order chi connectivity index (χ0) is 36.3. The smallest absolute Gasteiger partial charge is 0.164 e. The van der Waals surface area contributed by atoms with E-state index in [1.807, 2.05) is 80.7 Å². The van der Waals surface area contributed by atoms with E-state index in [1.165, 1.54) is 44.2 Å². The highest BCUT2D eigenvalue weighted by atomic mass is 32.1. The van der Waals surface area contributed by atoms with Gasteiger partial charge in [-0.05, 0) is 99.7 Å². The lowest BCUT2D eigenvalue weighted by Gasteiger charge is -2.14. The van der Waals surface area contributed by atoms with E-state index in [9.17, 15) is 0 Å². The fraction of sp³-hybridized carbons (Fsp3) is 0.143. The van der Waals surface area contributed by atoms with Crippen molar-refractivity contribution in [2.45, 2.75) is 47.0 Å². The van der Waals surface area contributed by atoms with Gasteiger partial charge in [0, 0.05) is 28.5 Å². The summed E-state index contributed by atoms with van der Waals surface area (Å²) in [6.45, 7) is 8.52. The van der Waals surface area contributed by atoms with Crippen molar-refractivity contribution in [2.24, 2.45) is 4.99 Å². The normalized spacial score (nSPS) is 12.9. The van der Waals surface area contributed by atoms with Crippen LogP contribution in [0.4, 0.5) is 0 Å². The molecule has 0 radical (unpaired) electrons. The Kier molecular flexibility index (Phi) is 10.8. The predicted molar refractivity (Wildman–Crippen MR) is 235 cm³/mol. The van der Waals surface area contributed by atoms with Gasteiger partial charge in [0.2, 0.25) is 0 Å². The minimum atomic E-state index is 0. The summed E-state index contributed by atoms with van der Waals surface area (Å²) in [5.74, 6) is 1.92. The van der Waals surface area contributed by atoms with Crippen molar-refractivity contribution < 1.29 is 0 Å². The van der Waals surface area contributed by atoms with Gasteiger partial charge in [0.15, 0.2) is 17.5 Å². The molecule has 54 heavy (non-hydrogen) atoms. The van der Waals surface area contributed by atoms with Crippen molar-refractivity contribution in [3.8, 4) is 56.4 Å². The van der Waals surface area contributed by atoms with Crippen molar-refractivity contribution >= 4 is 47.3 Å². The van der Waals surface area contributed by atoms with Gasteiger partial charge < -0.3 is 0 Å². The molecule has 0 fully saturated rings. The Morgan fingerprint density at radius 1 is 0.500 bits per heavy atom. The summed E-state index contributed by atoms with van der Waals surface area (Å²) in [5, 5.41) is 2.69. The third-order valence-electron chi connectivity index (χ3n) is 10.2. The van der Waals surface area contributed by atoms with Gasteiger partial charge in [-0.2, -0.15) is 13.5 Å². The summed E-state index contributed by atoms with van der Waals surface area (Å²) in [6.07, 6.45) is 7.20. The van der Waals surface area contributed by atoms with Gasteiger partial charge in [0.1, 0.15) is 0 Å². The van der Waals surface area contributed by atoms with Crippen LogP contribution in [0.3, 0.4) is 0 Å². The molecule has 6 aromatic carbocycles. The molecule has 2 heterocycles. The monoisotopic (exact) mass is 720 g/mol. The molecule has 0 bridgehead atoms. The van der Waals surface area contributed by atoms with Crippen LogP contribution in [-0.4, -0.2) is 21.2 Å². The second-order valence-corrected chi connectivity index (χ2v) is 13.2. The standard InChI is InChI=1S/C47H36N4.C2H6.H2S/c1-3-38-30(2)39-24-25-40(42-18-12-17-41(38)44(39)42)32-22-20-31(21-23-32)35-27-36(43-19-10-11-26-48-43)29-37(28-35)47-50-45(33-13-6-4-7-14-33)49-46(51-47)34-15-8-5-9-16-34;1-2;/h4-9,12-29H,3,10-11H2,1-2H3;1-2H3;1H2. The van der Waals surface area contributed by atoms with Gasteiger partial charge >= 0.3 is 0 Å². The molecule has 0 saturated heterocycles. The SMILES string of the molecule is CC.CCC1=C(C)c2ccc(-c3ccc(-c4cc(C5=CCCC=N5)cc(-c5nc(-c6ccccc6)nc(-c6ccccc6)n5)c4)cc3)c3cccc1c23.S. The van der Waals surface area contributed by atoms with Crippen LogP contribution in [-0.2, 0) is 0 Å². The Hall–Kier alpha value is -5.91. The molecule has 0 unspecified atom stereocenters. The Morgan fingerprint density at radius 3 is 1.69 bits per heavy atom. The zero-order valence-electron chi connectivity index (χ0n) is 31.3. The molecule has 1 aliphatic carbocycles. The largest absolute Gasteiger partial charge is 0.261 e. The third kappa shape index (κ3) is 6.83. The summed E-state index contributed by atoms with van der Waals surface area (Å²) >= 11 is 0. The van der Waals surface area contributed by atoms with Crippen LogP contribution >= 0.6 is 13.5 Å². The number of benzene rings is 6. The summed E-state index contributed by atoms with van der Waals surface area (Å²) in [4.78, 5) is 19.8. The number of aliphatic imine (C=N–C) groups is 1. The first-order chi connectivity index (χ1) is 26.1. The molecule has 4 nitrogen and oxygen atoms in total. The fourth-order valence-corrected chi connectivity index (χ4v) is 7.60. The van der Waals surface area contributed by atoms with Crippen molar-refractivity contribution in [3.05, 3.63) is 156 Å². The number of aromatic nitrogens is 3. The predicted octanol–water partition coefficient (Wildman–Crippen LogP) is 13.4. The number of hydrogen-bond acceptors (Lipinski definition) is 4. The summed E-state index contributed by atoms with van der Waals surface area (Å²) in [6, 6.07) is 47.2. The third-order valence-corrected chi connectivity index (χ3v) is 10.2. The minimum Gasteiger partial charge on any atom is -0.261 e. The molecule has 5 heteroatoms. The van der Waals surface area contributed by atoms with Crippen molar-refractivity contribution in [2.75, 3.05) is 0 Å². The molecule has 0 spiro atoms. The Balaban J connectivity index is 0.00000148. The first-order valence-electron chi connectivity index (χ1n) is 18.8. The van der Waals surface area contributed by atoms with Crippen LogP contribution in [0.2, 0.25) is 0 Å². The molecular weight excluding hydrogens is 677 g/mol. The van der Waals surface area contributed by atoms with Gasteiger partial charge in [-0.3, -0.25) is 4.99 Å². The molecule has 266 valence electrons. The maximum atomic E-state index is 5.06. The van der Waals surface area contributed by atoms with E-state index in [0.717, 1.165) is 58.3 Å². The highest BCUT2D eigenvalue weighted by Crippen LogP contribution is 2.46. The molecule has 1 aromatic heterocycles. The van der Waals surface area contributed by atoms with E-state index in [1.54, 1.807) is 0 Å².